The molecule has 1 aliphatic carbocycles. The van der Waals surface area contributed by atoms with Crippen LogP contribution in [0.3, 0.4) is 0 Å². The van der Waals surface area contributed by atoms with Crippen molar-refractivity contribution in [2.45, 2.75) is 51.6 Å². The Morgan fingerprint density at radius 3 is 2.17 bits per heavy atom. The molecule has 0 aromatic carbocycles. The van der Waals surface area contributed by atoms with Crippen LogP contribution in [0.5, 0.6) is 0 Å². The van der Waals surface area contributed by atoms with Crippen LogP contribution in [0.25, 0.3) is 0 Å². The van der Waals surface area contributed by atoms with Gasteiger partial charge in [-0.1, -0.05) is 13.8 Å². The van der Waals surface area contributed by atoms with Gasteiger partial charge >= 0.3 is 5.97 Å². The summed E-state index contributed by atoms with van der Waals surface area (Å²) < 4.78 is 5.27. The number of rotatable bonds is 7. The molecule has 5 nitrogen and oxygen atoms in total. The highest BCUT2D eigenvalue weighted by molar-refractivity contribution is 5.87. The summed E-state index contributed by atoms with van der Waals surface area (Å²) in [6, 6.07) is 0. The van der Waals surface area contributed by atoms with Crippen molar-refractivity contribution >= 4 is 11.9 Å². The van der Waals surface area contributed by atoms with Crippen molar-refractivity contribution in [3.8, 4) is 0 Å². The molecule has 1 aliphatic rings. The van der Waals surface area contributed by atoms with Gasteiger partial charge in [0.25, 0.3) is 5.91 Å². The summed E-state index contributed by atoms with van der Waals surface area (Å²) in [6.07, 6.45) is 3.41. The van der Waals surface area contributed by atoms with Crippen molar-refractivity contribution in [3.63, 3.8) is 0 Å². The van der Waals surface area contributed by atoms with Gasteiger partial charge in [0.15, 0.2) is 0 Å². The Bertz CT molecular complexity index is 313. The topological polar surface area (TPSA) is 75.6 Å². The van der Waals surface area contributed by atoms with Crippen molar-refractivity contribution in [2.75, 3.05) is 13.7 Å². The van der Waals surface area contributed by atoms with E-state index in [1.165, 1.54) is 7.11 Å². The molecule has 0 atom stereocenters. The lowest BCUT2D eigenvalue weighted by Gasteiger charge is -2.39. The molecule has 0 radical (unpaired) electrons. The third-order valence-electron chi connectivity index (χ3n) is 4.36. The predicted octanol–water partition coefficient (Wildman–Crippen LogP) is 1.56. The number of amides is 1. The number of ether oxygens (including phenoxy) is 1. The Hall–Kier alpha value is -1.10. The van der Waals surface area contributed by atoms with E-state index in [9.17, 15) is 14.7 Å². The number of carboxylic acids is 1. The minimum atomic E-state index is -0.867. The Morgan fingerprint density at radius 1 is 1.33 bits per heavy atom. The van der Waals surface area contributed by atoms with Crippen LogP contribution in [-0.2, 0) is 14.3 Å². The number of methoxy groups -OCH3 is 1. The smallest absolute Gasteiger partial charge is 0.311 e. The van der Waals surface area contributed by atoms with Crippen LogP contribution in [-0.4, -0.2) is 36.2 Å². The molecule has 0 aromatic rings. The highest BCUT2D eigenvalue weighted by atomic mass is 16.5. The molecule has 0 saturated heterocycles. The quantitative estimate of drug-likeness (QED) is 0.725. The van der Waals surface area contributed by atoms with Gasteiger partial charge in [-0.25, -0.2) is 0 Å². The molecule has 0 spiro atoms. The van der Waals surface area contributed by atoms with Crippen LogP contribution >= 0.6 is 0 Å². The van der Waals surface area contributed by atoms with Crippen molar-refractivity contribution in [2.24, 2.45) is 5.41 Å². The molecule has 0 aromatic heterocycles. The van der Waals surface area contributed by atoms with Crippen molar-refractivity contribution in [3.05, 3.63) is 0 Å². The van der Waals surface area contributed by atoms with E-state index in [1.807, 2.05) is 13.8 Å². The molecule has 18 heavy (non-hydrogen) atoms. The van der Waals surface area contributed by atoms with Gasteiger partial charge in [-0.05, 0) is 32.1 Å². The maximum Gasteiger partial charge on any atom is 0.311 e. The molecule has 1 rings (SSSR count). The highest BCUT2D eigenvalue weighted by Crippen LogP contribution is 2.35. The molecule has 0 heterocycles. The summed E-state index contributed by atoms with van der Waals surface area (Å²) in [5, 5.41) is 12.0. The van der Waals surface area contributed by atoms with Crippen LogP contribution < -0.4 is 5.32 Å². The van der Waals surface area contributed by atoms with E-state index < -0.39 is 17.0 Å². The normalized spacial score (nSPS) is 17.9. The molecule has 1 saturated carbocycles. The molecule has 1 amide bonds. The number of hydrogen-bond acceptors (Lipinski definition) is 3. The maximum absolute atomic E-state index is 12.1. The number of carboxylic acid groups (broad SMARTS) is 1. The molecule has 2 N–H and O–H groups in total. The number of carbonyl (C=O) groups excluding carboxylic acids is 1. The van der Waals surface area contributed by atoms with E-state index in [0.29, 0.717) is 25.7 Å². The van der Waals surface area contributed by atoms with Crippen molar-refractivity contribution < 1.29 is 19.4 Å². The molecule has 1 fully saturated rings. The molecule has 104 valence electrons. The van der Waals surface area contributed by atoms with E-state index >= 15 is 0 Å². The van der Waals surface area contributed by atoms with Crippen molar-refractivity contribution in [1.82, 2.24) is 5.32 Å². The third-order valence-corrected chi connectivity index (χ3v) is 4.36. The summed E-state index contributed by atoms with van der Waals surface area (Å²) in [5.41, 5.74) is -1.58. The van der Waals surface area contributed by atoms with Crippen LogP contribution in [0.4, 0.5) is 0 Å². The lowest BCUT2D eigenvalue weighted by Crippen LogP contribution is -2.55. The first-order valence-electron chi connectivity index (χ1n) is 6.53. The largest absolute Gasteiger partial charge is 0.481 e. The van der Waals surface area contributed by atoms with Gasteiger partial charge in [-0.2, -0.15) is 0 Å². The van der Waals surface area contributed by atoms with E-state index in [2.05, 4.69) is 5.32 Å². The zero-order valence-corrected chi connectivity index (χ0v) is 11.4. The second kappa shape index (κ2) is 5.69. The first-order valence-corrected chi connectivity index (χ1v) is 6.53. The number of carbonyl (C=O) groups is 2. The molecular formula is C13H23NO4. The summed E-state index contributed by atoms with van der Waals surface area (Å²) in [4.78, 5) is 23.4. The van der Waals surface area contributed by atoms with Crippen LogP contribution in [0.15, 0.2) is 0 Å². The van der Waals surface area contributed by atoms with Gasteiger partial charge in [0.1, 0.15) is 5.60 Å². The molecule has 0 aliphatic heterocycles. The fourth-order valence-electron chi connectivity index (χ4n) is 2.31. The second-order valence-corrected chi connectivity index (χ2v) is 5.03. The zero-order valence-electron chi connectivity index (χ0n) is 11.4. The number of aliphatic carboxylic acids is 1. The zero-order chi connectivity index (χ0) is 13.8. The Kier molecular flexibility index (Phi) is 4.73. The Balaban J connectivity index is 2.63. The highest BCUT2D eigenvalue weighted by Gasteiger charge is 2.45. The second-order valence-electron chi connectivity index (χ2n) is 5.03. The van der Waals surface area contributed by atoms with Crippen LogP contribution in [0.2, 0.25) is 0 Å². The fourth-order valence-corrected chi connectivity index (χ4v) is 2.31. The summed E-state index contributed by atoms with van der Waals surface area (Å²) in [7, 11) is 1.53. The molecular weight excluding hydrogens is 234 g/mol. The maximum atomic E-state index is 12.1. The predicted molar refractivity (Wildman–Crippen MR) is 67.3 cm³/mol. The third kappa shape index (κ3) is 2.51. The Morgan fingerprint density at radius 2 is 1.89 bits per heavy atom. The van der Waals surface area contributed by atoms with Crippen LogP contribution in [0.1, 0.15) is 46.0 Å². The lowest BCUT2D eigenvalue weighted by atomic mass is 9.78. The van der Waals surface area contributed by atoms with Gasteiger partial charge in [0.2, 0.25) is 0 Å². The fraction of sp³-hybridized carbons (Fsp3) is 0.846. The Labute approximate surface area is 108 Å². The van der Waals surface area contributed by atoms with Gasteiger partial charge < -0.3 is 15.2 Å². The molecule has 0 unspecified atom stereocenters. The summed E-state index contributed by atoms with van der Waals surface area (Å²) >= 11 is 0. The van der Waals surface area contributed by atoms with Gasteiger partial charge in [-0.15, -0.1) is 0 Å². The summed E-state index contributed by atoms with van der Waals surface area (Å²) in [5.74, 6) is -1.03. The van der Waals surface area contributed by atoms with Crippen molar-refractivity contribution in [1.29, 1.82) is 0 Å². The minimum Gasteiger partial charge on any atom is -0.481 e. The first-order chi connectivity index (χ1) is 8.46. The van der Waals surface area contributed by atoms with E-state index in [-0.39, 0.29) is 12.5 Å². The number of nitrogens with one attached hydrogen (secondary N) is 1. The minimum absolute atomic E-state index is 0.166. The monoisotopic (exact) mass is 257 g/mol. The average molecular weight is 257 g/mol. The molecule has 0 bridgehead atoms. The number of hydrogen-bond donors (Lipinski definition) is 2. The molecule has 5 heteroatoms. The van der Waals surface area contributed by atoms with E-state index in [4.69, 9.17) is 4.74 Å². The van der Waals surface area contributed by atoms with Gasteiger partial charge in [0, 0.05) is 13.7 Å². The first kappa shape index (κ1) is 15.0. The van der Waals surface area contributed by atoms with E-state index in [1.54, 1.807) is 0 Å². The van der Waals surface area contributed by atoms with Crippen LogP contribution in [0, 0.1) is 5.41 Å². The van der Waals surface area contributed by atoms with Gasteiger partial charge in [-0.3, -0.25) is 9.59 Å². The average Bonchev–Trinajstić information content (AvgIpc) is 2.30. The summed E-state index contributed by atoms with van der Waals surface area (Å²) in [6.45, 7) is 3.83. The van der Waals surface area contributed by atoms with E-state index in [0.717, 1.165) is 6.42 Å². The standard InChI is InChI=1S/C13H23NO4/c1-4-12(5-2,11(16)17)9-14-10(15)13(18-3)7-6-8-13/h4-9H2,1-3H3,(H,14,15)(H,16,17). The van der Waals surface area contributed by atoms with Gasteiger partial charge in [0.05, 0.1) is 5.41 Å². The lowest BCUT2D eigenvalue weighted by molar-refractivity contribution is -0.156. The SMILES string of the molecule is CCC(CC)(CNC(=O)C1(OC)CCC1)C(=O)O.